The van der Waals surface area contributed by atoms with Gasteiger partial charge in [0.05, 0.1) is 11.2 Å². The average Bonchev–Trinajstić information content (AvgIpc) is 2.55. The molecule has 0 saturated heterocycles. The number of fused-ring (bicyclic) bond motifs is 1. The predicted molar refractivity (Wildman–Crippen MR) is 109 cm³/mol. The van der Waals surface area contributed by atoms with Crippen molar-refractivity contribution in [1.82, 2.24) is 10.3 Å². The Morgan fingerprint density at radius 2 is 1.92 bits per heavy atom. The van der Waals surface area contributed by atoms with Crippen LogP contribution in [0.5, 0.6) is 0 Å². The third-order valence-electron chi connectivity index (χ3n) is 3.42. The van der Waals surface area contributed by atoms with Gasteiger partial charge < -0.3 is 5.32 Å². The summed E-state index contributed by atoms with van der Waals surface area (Å²) >= 11 is 7.44. The van der Waals surface area contributed by atoms with E-state index in [1.807, 2.05) is 49.4 Å². The Hall–Kier alpha value is -2.06. The van der Waals surface area contributed by atoms with Gasteiger partial charge in [0.15, 0.2) is 5.11 Å². The summed E-state index contributed by atoms with van der Waals surface area (Å²) in [5.41, 5.74) is 3.08. The van der Waals surface area contributed by atoms with Gasteiger partial charge in [-0.25, -0.2) is 0 Å². The van der Waals surface area contributed by atoms with E-state index in [0.29, 0.717) is 5.56 Å². The fourth-order valence-electron chi connectivity index (χ4n) is 2.30. The lowest BCUT2D eigenvalue weighted by Crippen LogP contribution is -2.34. The molecule has 4 nitrogen and oxygen atoms in total. The van der Waals surface area contributed by atoms with Gasteiger partial charge >= 0.3 is 0 Å². The maximum Gasteiger partial charge on any atom is 0.257 e. The molecular formula is C18H14IN3OS. The molecule has 120 valence electrons. The van der Waals surface area contributed by atoms with Crippen LogP contribution in [0.1, 0.15) is 16.1 Å². The molecule has 0 atom stereocenters. The van der Waals surface area contributed by atoms with Crippen LogP contribution in [0.15, 0.2) is 54.6 Å². The zero-order chi connectivity index (χ0) is 17.1. The van der Waals surface area contributed by atoms with Crippen LogP contribution in [-0.4, -0.2) is 16.0 Å². The molecule has 0 unspecified atom stereocenters. The zero-order valence-electron chi connectivity index (χ0n) is 12.8. The van der Waals surface area contributed by atoms with Crippen molar-refractivity contribution in [2.75, 3.05) is 5.32 Å². The lowest BCUT2D eigenvalue weighted by molar-refractivity contribution is 0.0977. The number of pyridine rings is 1. The quantitative estimate of drug-likeness (QED) is 0.455. The van der Waals surface area contributed by atoms with E-state index in [0.717, 1.165) is 25.9 Å². The number of hydrogen-bond donors (Lipinski definition) is 2. The Morgan fingerprint density at radius 3 is 2.71 bits per heavy atom. The number of nitrogens with one attached hydrogen (secondary N) is 2. The molecule has 0 aliphatic heterocycles. The number of nitrogens with zero attached hydrogens (tertiary/aromatic N) is 1. The van der Waals surface area contributed by atoms with Crippen molar-refractivity contribution in [2.24, 2.45) is 0 Å². The summed E-state index contributed by atoms with van der Waals surface area (Å²) < 4.78 is 0.993. The van der Waals surface area contributed by atoms with Crippen molar-refractivity contribution in [1.29, 1.82) is 0 Å². The molecule has 0 bridgehead atoms. The van der Waals surface area contributed by atoms with Crippen LogP contribution in [0.3, 0.4) is 0 Å². The summed E-state index contributed by atoms with van der Waals surface area (Å²) in [5.74, 6) is -0.240. The van der Waals surface area contributed by atoms with Gasteiger partial charge in [0.25, 0.3) is 5.91 Å². The molecule has 24 heavy (non-hydrogen) atoms. The second-order valence-electron chi connectivity index (χ2n) is 5.25. The highest BCUT2D eigenvalue weighted by Gasteiger charge is 2.10. The first-order chi connectivity index (χ1) is 11.5. The molecule has 1 heterocycles. The van der Waals surface area contributed by atoms with Crippen LogP contribution < -0.4 is 10.6 Å². The van der Waals surface area contributed by atoms with Gasteiger partial charge in [-0.05, 0) is 72.1 Å². The number of carbonyl (C=O) groups is 1. The Labute approximate surface area is 158 Å². The average molecular weight is 447 g/mol. The number of amides is 1. The van der Waals surface area contributed by atoms with E-state index < -0.39 is 0 Å². The first-order valence-corrected chi connectivity index (χ1v) is 8.76. The zero-order valence-corrected chi connectivity index (χ0v) is 15.8. The van der Waals surface area contributed by atoms with Crippen LogP contribution in [-0.2, 0) is 0 Å². The van der Waals surface area contributed by atoms with E-state index in [4.69, 9.17) is 12.2 Å². The monoisotopic (exact) mass is 447 g/mol. The van der Waals surface area contributed by atoms with Gasteiger partial charge in [0, 0.05) is 20.2 Å². The van der Waals surface area contributed by atoms with Crippen molar-refractivity contribution >= 4 is 62.4 Å². The van der Waals surface area contributed by atoms with Crippen LogP contribution in [0.25, 0.3) is 10.9 Å². The summed E-state index contributed by atoms with van der Waals surface area (Å²) in [6.07, 6.45) is 0. The molecule has 6 heteroatoms. The number of anilines is 1. The second-order valence-corrected chi connectivity index (χ2v) is 6.90. The molecule has 0 saturated carbocycles. The second kappa shape index (κ2) is 7.23. The number of aryl methyl sites for hydroxylation is 1. The topological polar surface area (TPSA) is 54.0 Å². The highest BCUT2D eigenvalue weighted by Crippen LogP contribution is 2.21. The maximum atomic E-state index is 12.3. The van der Waals surface area contributed by atoms with Crippen molar-refractivity contribution in [3.8, 4) is 0 Å². The van der Waals surface area contributed by atoms with Gasteiger partial charge in [0.1, 0.15) is 0 Å². The number of para-hydroxylation sites is 1. The first kappa shape index (κ1) is 16.8. The van der Waals surface area contributed by atoms with Crippen LogP contribution in [0.4, 0.5) is 5.69 Å². The minimum atomic E-state index is -0.240. The molecule has 3 rings (SSSR count). The molecule has 0 radical (unpaired) electrons. The van der Waals surface area contributed by atoms with Crippen molar-refractivity contribution < 1.29 is 4.79 Å². The normalized spacial score (nSPS) is 10.4. The van der Waals surface area contributed by atoms with E-state index in [2.05, 4.69) is 38.2 Å². The van der Waals surface area contributed by atoms with Crippen LogP contribution in [0, 0.1) is 10.5 Å². The largest absolute Gasteiger partial charge is 0.331 e. The molecule has 0 aliphatic carbocycles. The van der Waals surface area contributed by atoms with E-state index >= 15 is 0 Å². The summed E-state index contributed by atoms with van der Waals surface area (Å²) in [7, 11) is 0. The standard InChI is InChI=1S/C18H14IN3OS/c1-11-8-9-12-4-3-7-15(16(12)20-11)21-18(24)22-17(23)13-5-2-6-14(19)10-13/h2-10H,1H3,(H2,21,22,23,24). The molecule has 1 amide bonds. The number of thiocarbonyl (C=S) groups is 1. The van der Waals surface area contributed by atoms with Crippen molar-refractivity contribution in [3.05, 3.63) is 69.4 Å². The van der Waals surface area contributed by atoms with Crippen LogP contribution in [0.2, 0.25) is 0 Å². The smallest absolute Gasteiger partial charge is 0.257 e. The van der Waals surface area contributed by atoms with E-state index in [1.165, 1.54) is 0 Å². The number of halogens is 1. The maximum absolute atomic E-state index is 12.3. The Balaban J connectivity index is 1.78. The third kappa shape index (κ3) is 3.88. The lowest BCUT2D eigenvalue weighted by atomic mass is 10.2. The summed E-state index contributed by atoms with van der Waals surface area (Å²) in [6.45, 7) is 1.94. The summed E-state index contributed by atoms with van der Waals surface area (Å²) in [4.78, 5) is 16.8. The SMILES string of the molecule is Cc1ccc2cccc(NC(=S)NC(=O)c3cccc(I)c3)c2n1. The number of aromatic nitrogens is 1. The lowest BCUT2D eigenvalue weighted by Gasteiger charge is -2.12. The predicted octanol–water partition coefficient (Wildman–Crippen LogP) is 4.27. The number of carbonyl (C=O) groups excluding carboxylic acids is 1. The Kier molecular flexibility index (Phi) is 5.06. The molecule has 3 aromatic rings. The summed E-state index contributed by atoms with van der Waals surface area (Å²) in [5, 5.41) is 7.02. The van der Waals surface area contributed by atoms with Crippen molar-refractivity contribution in [3.63, 3.8) is 0 Å². The van der Waals surface area contributed by atoms with Gasteiger partial charge in [-0.2, -0.15) is 0 Å². The highest BCUT2D eigenvalue weighted by molar-refractivity contribution is 14.1. The Bertz CT molecular complexity index is 942. The van der Waals surface area contributed by atoms with E-state index in [1.54, 1.807) is 12.1 Å². The minimum absolute atomic E-state index is 0.240. The molecule has 0 spiro atoms. The van der Waals surface area contributed by atoms with E-state index in [-0.39, 0.29) is 11.0 Å². The fraction of sp³-hybridized carbons (Fsp3) is 0.0556. The number of benzene rings is 2. The number of hydrogen-bond acceptors (Lipinski definition) is 3. The Morgan fingerprint density at radius 1 is 1.12 bits per heavy atom. The van der Waals surface area contributed by atoms with Crippen molar-refractivity contribution in [2.45, 2.75) is 6.92 Å². The van der Waals surface area contributed by atoms with Gasteiger partial charge in [-0.15, -0.1) is 0 Å². The summed E-state index contributed by atoms with van der Waals surface area (Å²) in [6, 6.07) is 17.1. The van der Waals surface area contributed by atoms with Gasteiger partial charge in [-0.3, -0.25) is 15.1 Å². The van der Waals surface area contributed by atoms with Gasteiger partial charge in [-0.1, -0.05) is 24.3 Å². The first-order valence-electron chi connectivity index (χ1n) is 7.27. The fourth-order valence-corrected chi connectivity index (χ4v) is 3.05. The minimum Gasteiger partial charge on any atom is -0.331 e. The molecule has 2 aromatic carbocycles. The molecule has 0 fully saturated rings. The van der Waals surface area contributed by atoms with E-state index in [9.17, 15) is 4.79 Å². The van der Waals surface area contributed by atoms with Crippen LogP contribution >= 0.6 is 34.8 Å². The molecule has 2 N–H and O–H groups in total. The highest BCUT2D eigenvalue weighted by atomic mass is 127. The molecule has 1 aromatic heterocycles. The third-order valence-corrected chi connectivity index (χ3v) is 4.30. The van der Waals surface area contributed by atoms with Gasteiger partial charge in [0.2, 0.25) is 0 Å². The molecular weight excluding hydrogens is 433 g/mol. The molecule has 0 aliphatic rings. The number of rotatable bonds is 2.